The SMILES string of the molecule is O=C(c1ccc(F)c(F)c1)N1CCN(C(=O)c2ccc(-c3ccc(F)cc3)s2)CC1. The van der Waals surface area contributed by atoms with Gasteiger partial charge in [0.15, 0.2) is 11.6 Å². The molecule has 0 atom stereocenters. The van der Waals surface area contributed by atoms with Gasteiger partial charge in [0.05, 0.1) is 4.88 Å². The first kappa shape index (κ1) is 20.2. The van der Waals surface area contributed by atoms with Crippen LogP contribution in [0.15, 0.2) is 54.6 Å². The number of benzene rings is 2. The van der Waals surface area contributed by atoms with Crippen molar-refractivity contribution in [2.24, 2.45) is 0 Å². The highest BCUT2D eigenvalue weighted by Crippen LogP contribution is 2.29. The monoisotopic (exact) mass is 430 g/mol. The van der Waals surface area contributed by atoms with Crippen LogP contribution in [0.2, 0.25) is 0 Å². The minimum absolute atomic E-state index is 0.0795. The minimum atomic E-state index is -1.07. The minimum Gasteiger partial charge on any atom is -0.335 e. The molecule has 2 heterocycles. The third kappa shape index (κ3) is 4.09. The van der Waals surface area contributed by atoms with Crippen molar-refractivity contribution >= 4 is 23.2 Å². The molecule has 154 valence electrons. The number of nitrogens with zero attached hydrogens (tertiary/aromatic N) is 2. The second-order valence-corrected chi connectivity index (χ2v) is 7.97. The van der Waals surface area contributed by atoms with E-state index >= 15 is 0 Å². The number of hydrogen-bond donors (Lipinski definition) is 0. The standard InChI is InChI=1S/C22H17F3N2O2S/c23-16-4-1-14(2-5-16)19-7-8-20(30-19)22(29)27-11-9-26(10-12-27)21(28)15-3-6-17(24)18(25)13-15/h1-8,13H,9-12H2. The molecule has 2 amide bonds. The summed E-state index contributed by atoms with van der Waals surface area (Å²) >= 11 is 1.33. The number of hydrogen-bond acceptors (Lipinski definition) is 3. The Morgan fingerprint density at radius 2 is 1.37 bits per heavy atom. The number of thiophene rings is 1. The summed E-state index contributed by atoms with van der Waals surface area (Å²) in [5.41, 5.74) is 0.915. The van der Waals surface area contributed by atoms with Crippen molar-refractivity contribution in [2.75, 3.05) is 26.2 Å². The zero-order chi connectivity index (χ0) is 21.3. The quantitative estimate of drug-likeness (QED) is 0.617. The fourth-order valence-electron chi connectivity index (χ4n) is 3.30. The van der Waals surface area contributed by atoms with E-state index in [4.69, 9.17) is 0 Å². The molecule has 2 aromatic carbocycles. The first-order valence-corrected chi connectivity index (χ1v) is 10.1. The van der Waals surface area contributed by atoms with Gasteiger partial charge in [0.1, 0.15) is 5.82 Å². The molecule has 0 saturated carbocycles. The molecule has 0 N–H and O–H groups in total. The van der Waals surface area contributed by atoms with Crippen LogP contribution in [0.25, 0.3) is 10.4 Å². The molecule has 0 spiro atoms. The lowest BCUT2D eigenvalue weighted by atomic mass is 10.1. The third-order valence-corrected chi connectivity index (χ3v) is 6.09. The molecule has 30 heavy (non-hydrogen) atoms. The molecule has 0 radical (unpaired) electrons. The Bertz CT molecular complexity index is 1090. The first-order valence-electron chi connectivity index (χ1n) is 9.32. The van der Waals surface area contributed by atoms with Crippen LogP contribution in [0.5, 0.6) is 0 Å². The van der Waals surface area contributed by atoms with Gasteiger partial charge >= 0.3 is 0 Å². The number of rotatable bonds is 3. The summed E-state index contributed by atoms with van der Waals surface area (Å²) in [6.07, 6.45) is 0. The molecule has 1 saturated heterocycles. The highest BCUT2D eigenvalue weighted by molar-refractivity contribution is 7.17. The number of carbonyl (C=O) groups excluding carboxylic acids is 2. The Morgan fingerprint density at radius 3 is 2.00 bits per heavy atom. The van der Waals surface area contributed by atoms with Crippen LogP contribution in [-0.2, 0) is 0 Å². The van der Waals surface area contributed by atoms with Crippen LogP contribution in [0.4, 0.5) is 13.2 Å². The van der Waals surface area contributed by atoms with Gasteiger partial charge in [0.2, 0.25) is 0 Å². The summed E-state index contributed by atoms with van der Waals surface area (Å²) in [5, 5.41) is 0. The van der Waals surface area contributed by atoms with Gasteiger partial charge in [-0.1, -0.05) is 12.1 Å². The average Bonchev–Trinajstić information content (AvgIpc) is 3.25. The Kier molecular flexibility index (Phi) is 5.59. The number of piperazine rings is 1. The summed E-state index contributed by atoms with van der Waals surface area (Å²) < 4.78 is 39.6. The molecule has 3 aromatic rings. The predicted molar refractivity (Wildman–Crippen MR) is 108 cm³/mol. The van der Waals surface area contributed by atoms with Gasteiger partial charge in [-0.25, -0.2) is 13.2 Å². The molecule has 0 aliphatic carbocycles. The molecule has 0 bridgehead atoms. The summed E-state index contributed by atoms with van der Waals surface area (Å²) in [6.45, 7) is 1.30. The molecule has 0 unspecified atom stereocenters. The summed E-state index contributed by atoms with van der Waals surface area (Å²) in [6, 6.07) is 12.7. The maximum absolute atomic E-state index is 13.4. The second-order valence-electron chi connectivity index (χ2n) is 6.88. The van der Waals surface area contributed by atoms with E-state index in [2.05, 4.69) is 0 Å². The zero-order valence-corrected chi connectivity index (χ0v) is 16.6. The lowest BCUT2D eigenvalue weighted by Gasteiger charge is -2.34. The van der Waals surface area contributed by atoms with E-state index in [-0.39, 0.29) is 17.3 Å². The van der Waals surface area contributed by atoms with Gasteiger partial charge in [0, 0.05) is 36.6 Å². The molecule has 1 aliphatic rings. The molecule has 4 nitrogen and oxygen atoms in total. The van der Waals surface area contributed by atoms with Gasteiger partial charge in [-0.2, -0.15) is 0 Å². The van der Waals surface area contributed by atoms with Gasteiger partial charge in [-0.3, -0.25) is 9.59 Å². The van der Waals surface area contributed by atoms with Crippen LogP contribution in [0.1, 0.15) is 20.0 Å². The summed E-state index contributed by atoms with van der Waals surface area (Å²) in [7, 11) is 0. The molecular weight excluding hydrogens is 413 g/mol. The number of amides is 2. The fraction of sp³-hybridized carbons (Fsp3) is 0.182. The van der Waals surface area contributed by atoms with Gasteiger partial charge in [-0.15, -0.1) is 11.3 Å². The lowest BCUT2D eigenvalue weighted by molar-refractivity contribution is 0.0538. The zero-order valence-electron chi connectivity index (χ0n) is 15.8. The summed E-state index contributed by atoms with van der Waals surface area (Å²) in [4.78, 5) is 29.9. The Labute approximate surface area is 175 Å². The van der Waals surface area contributed by atoms with E-state index in [0.717, 1.165) is 22.6 Å². The maximum atomic E-state index is 13.4. The molecule has 1 fully saturated rings. The Balaban J connectivity index is 1.39. The Hall–Kier alpha value is -3.13. The van der Waals surface area contributed by atoms with E-state index in [9.17, 15) is 22.8 Å². The van der Waals surface area contributed by atoms with Crippen molar-refractivity contribution in [1.29, 1.82) is 0 Å². The molecule has 4 rings (SSSR count). The maximum Gasteiger partial charge on any atom is 0.264 e. The van der Waals surface area contributed by atoms with Crippen molar-refractivity contribution in [2.45, 2.75) is 0 Å². The van der Waals surface area contributed by atoms with E-state index in [1.165, 1.54) is 34.4 Å². The normalized spacial score (nSPS) is 14.1. The topological polar surface area (TPSA) is 40.6 Å². The van der Waals surface area contributed by atoms with Crippen molar-refractivity contribution in [3.63, 3.8) is 0 Å². The van der Waals surface area contributed by atoms with Gasteiger partial charge in [-0.05, 0) is 48.0 Å². The van der Waals surface area contributed by atoms with Gasteiger partial charge in [0.25, 0.3) is 11.8 Å². The van der Waals surface area contributed by atoms with Crippen LogP contribution in [0.3, 0.4) is 0 Å². The Morgan fingerprint density at radius 1 is 0.733 bits per heavy atom. The highest BCUT2D eigenvalue weighted by atomic mass is 32.1. The van der Waals surface area contributed by atoms with E-state index in [0.29, 0.717) is 31.1 Å². The predicted octanol–water partition coefficient (Wildman–Crippen LogP) is 4.43. The van der Waals surface area contributed by atoms with Crippen LogP contribution < -0.4 is 0 Å². The lowest BCUT2D eigenvalue weighted by Crippen LogP contribution is -2.50. The fourth-order valence-corrected chi connectivity index (χ4v) is 4.28. The molecule has 1 aliphatic heterocycles. The smallest absolute Gasteiger partial charge is 0.264 e. The van der Waals surface area contributed by atoms with E-state index < -0.39 is 17.5 Å². The van der Waals surface area contributed by atoms with Crippen molar-refractivity contribution in [1.82, 2.24) is 9.80 Å². The van der Waals surface area contributed by atoms with E-state index in [1.807, 2.05) is 6.07 Å². The van der Waals surface area contributed by atoms with Crippen molar-refractivity contribution in [3.05, 3.63) is 82.5 Å². The highest BCUT2D eigenvalue weighted by Gasteiger charge is 2.26. The molecular formula is C22H17F3N2O2S. The third-order valence-electron chi connectivity index (χ3n) is 4.97. The number of halogens is 3. The number of carbonyl (C=O) groups is 2. The largest absolute Gasteiger partial charge is 0.335 e. The van der Waals surface area contributed by atoms with Gasteiger partial charge < -0.3 is 9.80 Å². The van der Waals surface area contributed by atoms with Crippen LogP contribution in [0, 0.1) is 17.5 Å². The van der Waals surface area contributed by atoms with Crippen LogP contribution >= 0.6 is 11.3 Å². The molecule has 1 aromatic heterocycles. The summed E-state index contributed by atoms with van der Waals surface area (Å²) in [5.74, 6) is -2.91. The second kappa shape index (κ2) is 8.31. The molecule has 8 heteroatoms. The van der Waals surface area contributed by atoms with Crippen molar-refractivity contribution in [3.8, 4) is 10.4 Å². The van der Waals surface area contributed by atoms with E-state index in [1.54, 1.807) is 23.1 Å². The van der Waals surface area contributed by atoms with Crippen LogP contribution in [-0.4, -0.2) is 47.8 Å². The first-order chi connectivity index (χ1) is 14.4. The van der Waals surface area contributed by atoms with Crippen molar-refractivity contribution < 1.29 is 22.8 Å². The average molecular weight is 430 g/mol.